The van der Waals surface area contributed by atoms with Crippen molar-refractivity contribution in [3.8, 4) is 0 Å². The molecule has 2 heterocycles. The second-order valence-electron chi connectivity index (χ2n) is 4.67. The zero-order valence-electron chi connectivity index (χ0n) is 10.8. The van der Waals surface area contributed by atoms with Crippen LogP contribution in [-0.2, 0) is 18.4 Å². The summed E-state index contributed by atoms with van der Waals surface area (Å²) in [5.41, 5.74) is 0. The van der Waals surface area contributed by atoms with Crippen LogP contribution in [0.1, 0.15) is 11.6 Å². The van der Waals surface area contributed by atoms with Gasteiger partial charge in [0.1, 0.15) is 11.6 Å². The van der Waals surface area contributed by atoms with Crippen molar-refractivity contribution < 1.29 is 9.90 Å². The van der Waals surface area contributed by atoms with E-state index in [4.69, 9.17) is 5.11 Å². The molecule has 1 aliphatic rings. The molecule has 0 bridgehead atoms. The first kappa shape index (κ1) is 13.0. The van der Waals surface area contributed by atoms with Crippen molar-refractivity contribution in [3.05, 3.63) is 11.6 Å². The minimum atomic E-state index is -0.757. The normalized spacial score (nSPS) is 18.1. The molecule has 1 fully saturated rings. The quantitative estimate of drug-likeness (QED) is 0.767. The van der Waals surface area contributed by atoms with Gasteiger partial charge in [0, 0.05) is 33.2 Å². The number of carboxylic acid groups (broad SMARTS) is 1. The first-order chi connectivity index (χ1) is 8.56. The van der Waals surface area contributed by atoms with Gasteiger partial charge in [-0.2, -0.15) is 0 Å². The van der Waals surface area contributed by atoms with Crippen LogP contribution in [0.2, 0.25) is 0 Å². The summed E-state index contributed by atoms with van der Waals surface area (Å²) in [5.74, 6) is 1.11. The zero-order valence-corrected chi connectivity index (χ0v) is 10.8. The maximum Gasteiger partial charge on any atom is 0.317 e. The van der Waals surface area contributed by atoms with Gasteiger partial charge in [0.25, 0.3) is 0 Å². The van der Waals surface area contributed by atoms with E-state index in [1.807, 2.05) is 23.4 Å². The highest BCUT2D eigenvalue weighted by Gasteiger charge is 2.20. The van der Waals surface area contributed by atoms with Crippen LogP contribution in [0.5, 0.6) is 0 Å². The van der Waals surface area contributed by atoms with Crippen molar-refractivity contribution in [2.75, 3.05) is 32.7 Å². The minimum absolute atomic E-state index is 0.136. The summed E-state index contributed by atoms with van der Waals surface area (Å²) in [6.07, 6.45) is 0. The SMILES string of the molecule is Cc1nnc(CN2CCN(CC(=O)O)CC2)n1C. The minimum Gasteiger partial charge on any atom is -0.480 e. The Hall–Kier alpha value is -1.47. The molecule has 7 nitrogen and oxygen atoms in total. The Morgan fingerprint density at radius 2 is 1.83 bits per heavy atom. The number of aliphatic carboxylic acids is 1. The van der Waals surface area contributed by atoms with E-state index in [-0.39, 0.29) is 6.54 Å². The number of aromatic nitrogens is 3. The van der Waals surface area contributed by atoms with Crippen molar-refractivity contribution in [2.24, 2.45) is 7.05 Å². The first-order valence-corrected chi connectivity index (χ1v) is 6.07. The highest BCUT2D eigenvalue weighted by Crippen LogP contribution is 2.07. The second kappa shape index (κ2) is 5.45. The van der Waals surface area contributed by atoms with Gasteiger partial charge in [-0.25, -0.2) is 0 Å². The van der Waals surface area contributed by atoms with E-state index in [0.29, 0.717) is 0 Å². The maximum absolute atomic E-state index is 10.6. The Morgan fingerprint density at radius 3 is 2.33 bits per heavy atom. The van der Waals surface area contributed by atoms with Crippen LogP contribution in [0.15, 0.2) is 0 Å². The predicted octanol–water partition coefficient (Wildman–Crippen LogP) is -0.674. The lowest BCUT2D eigenvalue weighted by molar-refractivity contribution is -0.138. The molecule has 0 saturated carbocycles. The molecule has 1 aromatic heterocycles. The first-order valence-electron chi connectivity index (χ1n) is 6.07. The molecule has 2 rings (SSSR count). The van der Waals surface area contributed by atoms with Crippen LogP contribution in [0.3, 0.4) is 0 Å². The monoisotopic (exact) mass is 253 g/mol. The summed E-state index contributed by atoms with van der Waals surface area (Å²) in [4.78, 5) is 14.8. The Morgan fingerprint density at radius 1 is 1.22 bits per heavy atom. The lowest BCUT2D eigenvalue weighted by Crippen LogP contribution is -2.47. The molecule has 0 aliphatic carbocycles. The van der Waals surface area contributed by atoms with Gasteiger partial charge < -0.3 is 9.67 Å². The van der Waals surface area contributed by atoms with Crippen molar-refractivity contribution in [1.29, 1.82) is 0 Å². The summed E-state index contributed by atoms with van der Waals surface area (Å²) in [6, 6.07) is 0. The standard InChI is InChI=1S/C11H19N5O2/c1-9-12-13-10(14(9)2)7-15-3-5-16(6-4-15)8-11(17)18/h3-8H2,1-2H3,(H,17,18). The summed E-state index contributed by atoms with van der Waals surface area (Å²) in [7, 11) is 1.96. The molecule has 1 N–H and O–H groups in total. The smallest absolute Gasteiger partial charge is 0.317 e. The average Bonchev–Trinajstić information content (AvgIpc) is 2.63. The molecule has 7 heteroatoms. The molecular weight excluding hydrogens is 234 g/mol. The van der Waals surface area contributed by atoms with Gasteiger partial charge >= 0.3 is 5.97 Å². The molecule has 0 atom stereocenters. The van der Waals surface area contributed by atoms with Crippen LogP contribution in [0.25, 0.3) is 0 Å². The van der Waals surface area contributed by atoms with E-state index in [9.17, 15) is 4.79 Å². The molecule has 0 unspecified atom stereocenters. The number of rotatable bonds is 4. The molecule has 18 heavy (non-hydrogen) atoms. The molecule has 1 saturated heterocycles. The zero-order chi connectivity index (χ0) is 13.1. The van der Waals surface area contributed by atoms with E-state index in [1.165, 1.54) is 0 Å². The lowest BCUT2D eigenvalue weighted by atomic mass is 10.3. The van der Waals surface area contributed by atoms with Gasteiger partial charge in [-0.05, 0) is 6.92 Å². The van der Waals surface area contributed by atoms with Crippen molar-refractivity contribution >= 4 is 5.97 Å². The Balaban J connectivity index is 1.83. The van der Waals surface area contributed by atoms with Crippen LogP contribution in [-0.4, -0.2) is 68.4 Å². The fourth-order valence-corrected chi connectivity index (χ4v) is 2.09. The van der Waals surface area contributed by atoms with Crippen LogP contribution >= 0.6 is 0 Å². The second-order valence-corrected chi connectivity index (χ2v) is 4.67. The lowest BCUT2D eigenvalue weighted by Gasteiger charge is -2.33. The fourth-order valence-electron chi connectivity index (χ4n) is 2.09. The van der Waals surface area contributed by atoms with E-state index >= 15 is 0 Å². The number of hydrogen-bond donors (Lipinski definition) is 1. The van der Waals surface area contributed by atoms with Crippen LogP contribution < -0.4 is 0 Å². The van der Waals surface area contributed by atoms with E-state index < -0.39 is 5.97 Å². The third kappa shape index (κ3) is 3.05. The predicted molar refractivity (Wildman–Crippen MR) is 65.1 cm³/mol. The van der Waals surface area contributed by atoms with E-state index in [1.54, 1.807) is 0 Å². The van der Waals surface area contributed by atoms with Gasteiger partial charge in [0.15, 0.2) is 0 Å². The molecule has 1 aromatic rings. The van der Waals surface area contributed by atoms with Gasteiger partial charge in [-0.3, -0.25) is 14.6 Å². The number of carboxylic acids is 1. The number of nitrogens with zero attached hydrogens (tertiary/aromatic N) is 5. The maximum atomic E-state index is 10.6. The van der Waals surface area contributed by atoms with Gasteiger partial charge in [0.2, 0.25) is 0 Å². The van der Waals surface area contributed by atoms with Crippen LogP contribution in [0.4, 0.5) is 0 Å². The number of hydrogen-bond acceptors (Lipinski definition) is 5. The molecule has 0 radical (unpaired) electrons. The van der Waals surface area contributed by atoms with E-state index in [2.05, 4.69) is 15.1 Å². The molecule has 1 aliphatic heterocycles. The highest BCUT2D eigenvalue weighted by atomic mass is 16.4. The van der Waals surface area contributed by atoms with Crippen molar-refractivity contribution in [2.45, 2.75) is 13.5 Å². The van der Waals surface area contributed by atoms with Crippen molar-refractivity contribution in [1.82, 2.24) is 24.6 Å². The molecule has 0 aromatic carbocycles. The molecule has 0 amide bonds. The topological polar surface area (TPSA) is 74.5 Å². The number of carbonyl (C=O) groups is 1. The van der Waals surface area contributed by atoms with E-state index in [0.717, 1.165) is 44.4 Å². The summed E-state index contributed by atoms with van der Waals surface area (Å²) in [5, 5.41) is 16.9. The molecule has 100 valence electrons. The summed E-state index contributed by atoms with van der Waals surface area (Å²) < 4.78 is 1.99. The fraction of sp³-hybridized carbons (Fsp3) is 0.727. The number of piperazine rings is 1. The highest BCUT2D eigenvalue weighted by molar-refractivity contribution is 5.69. The third-order valence-corrected chi connectivity index (χ3v) is 3.37. The summed E-state index contributed by atoms with van der Waals surface area (Å²) in [6.45, 7) is 6.18. The average molecular weight is 253 g/mol. The summed E-state index contributed by atoms with van der Waals surface area (Å²) >= 11 is 0. The van der Waals surface area contributed by atoms with Crippen molar-refractivity contribution in [3.63, 3.8) is 0 Å². The molecule has 0 spiro atoms. The van der Waals surface area contributed by atoms with Gasteiger partial charge in [-0.1, -0.05) is 0 Å². The van der Waals surface area contributed by atoms with Gasteiger partial charge in [0.05, 0.1) is 13.1 Å². The molecular formula is C11H19N5O2. The van der Waals surface area contributed by atoms with Crippen LogP contribution in [0, 0.1) is 6.92 Å². The third-order valence-electron chi connectivity index (χ3n) is 3.37. The Labute approximate surface area is 106 Å². The van der Waals surface area contributed by atoms with Gasteiger partial charge in [-0.15, -0.1) is 10.2 Å². The number of aryl methyl sites for hydroxylation is 1. The largest absolute Gasteiger partial charge is 0.480 e. The Kier molecular flexibility index (Phi) is 3.93. The Bertz CT molecular complexity index is 423.